The summed E-state index contributed by atoms with van der Waals surface area (Å²) < 4.78 is 3.58. The number of para-hydroxylation sites is 1. The molecule has 0 saturated carbocycles. The third-order valence-corrected chi connectivity index (χ3v) is 6.30. The van der Waals surface area contributed by atoms with Gasteiger partial charge in [-0.3, -0.25) is 18.6 Å². The molecule has 28 heavy (non-hydrogen) atoms. The van der Waals surface area contributed by atoms with Gasteiger partial charge in [0.25, 0.3) is 5.56 Å². The summed E-state index contributed by atoms with van der Waals surface area (Å²) in [7, 11) is 0. The molecule has 0 spiro atoms. The van der Waals surface area contributed by atoms with E-state index in [1.165, 1.54) is 11.8 Å². The second-order valence-corrected chi connectivity index (χ2v) is 8.39. The van der Waals surface area contributed by atoms with E-state index in [1.807, 2.05) is 40.5 Å². The minimum Gasteiger partial charge on any atom is -0.342 e. The molecule has 1 amide bonds. The zero-order valence-electron chi connectivity index (χ0n) is 16.3. The first kappa shape index (κ1) is 19.0. The number of thioether (sulfide) groups is 1. The van der Waals surface area contributed by atoms with Gasteiger partial charge in [0, 0.05) is 19.6 Å². The number of fused-ring (bicyclic) bond motifs is 3. The third-order valence-electron chi connectivity index (χ3n) is 5.39. The van der Waals surface area contributed by atoms with E-state index in [0.717, 1.165) is 37.9 Å². The lowest BCUT2D eigenvalue weighted by Gasteiger charge is -2.30. The van der Waals surface area contributed by atoms with Crippen LogP contribution in [0.3, 0.4) is 0 Å². The van der Waals surface area contributed by atoms with Crippen LogP contribution in [0.15, 0.2) is 34.2 Å². The Balaban J connectivity index is 1.67. The van der Waals surface area contributed by atoms with Gasteiger partial charge in [0.15, 0.2) is 5.16 Å². The Kier molecular flexibility index (Phi) is 5.39. The second kappa shape index (κ2) is 7.95. The maximum absolute atomic E-state index is 12.9. The molecule has 4 rings (SSSR count). The van der Waals surface area contributed by atoms with Crippen LogP contribution < -0.4 is 5.56 Å². The molecule has 1 aliphatic heterocycles. The molecular weight excluding hydrogens is 374 g/mol. The predicted octanol–water partition coefficient (Wildman–Crippen LogP) is 2.80. The van der Waals surface area contributed by atoms with Gasteiger partial charge in [-0.05, 0) is 37.3 Å². The molecule has 8 heteroatoms. The van der Waals surface area contributed by atoms with Crippen molar-refractivity contribution in [3.63, 3.8) is 0 Å². The first-order valence-electron chi connectivity index (χ1n) is 9.87. The van der Waals surface area contributed by atoms with Crippen molar-refractivity contribution < 1.29 is 4.79 Å². The van der Waals surface area contributed by atoms with Crippen molar-refractivity contribution in [3.05, 3.63) is 34.6 Å². The lowest BCUT2D eigenvalue weighted by molar-refractivity contribution is -0.129. The van der Waals surface area contributed by atoms with Gasteiger partial charge in [-0.2, -0.15) is 0 Å². The minimum atomic E-state index is -0.0487. The standard InChI is InChI=1S/C20H25N5O2S/c1-3-10-24-18(27)15-6-4-5-7-16(15)25-19(24)21-22-20(25)28-13-17(26)23-11-8-14(2)9-12-23/h4-7,14H,3,8-13H2,1-2H3. The molecule has 1 fully saturated rings. The molecule has 3 aromatic rings. The van der Waals surface area contributed by atoms with Gasteiger partial charge in [0.05, 0.1) is 16.7 Å². The summed E-state index contributed by atoms with van der Waals surface area (Å²) in [5, 5.41) is 9.87. The Hall–Kier alpha value is -2.35. The maximum atomic E-state index is 12.9. The van der Waals surface area contributed by atoms with Crippen molar-refractivity contribution in [3.8, 4) is 0 Å². The molecule has 1 saturated heterocycles. The number of amides is 1. The topological polar surface area (TPSA) is 72.5 Å². The van der Waals surface area contributed by atoms with Crippen molar-refractivity contribution in [1.82, 2.24) is 24.1 Å². The van der Waals surface area contributed by atoms with Crippen LogP contribution in [0, 0.1) is 5.92 Å². The van der Waals surface area contributed by atoms with Gasteiger partial charge in [-0.1, -0.05) is 37.7 Å². The van der Waals surface area contributed by atoms with E-state index in [-0.39, 0.29) is 11.5 Å². The molecular formula is C20H25N5O2S. The number of nitrogens with zero attached hydrogens (tertiary/aromatic N) is 5. The van der Waals surface area contributed by atoms with Crippen LogP contribution in [0.2, 0.25) is 0 Å². The number of rotatable bonds is 5. The number of piperidine rings is 1. The fourth-order valence-electron chi connectivity index (χ4n) is 3.73. The van der Waals surface area contributed by atoms with Crippen LogP contribution in [0.25, 0.3) is 16.7 Å². The monoisotopic (exact) mass is 399 g/mol. The molecule has 0 N–H and O–H groups in total. The highest BCUT2D eigenvalue weighted by atomic mass is 32.2. The largest absolute Gasteiger partial charge is 0.342 e. The van der Waals surface area contributed by atoms with E-state index in [0.29, 0.717) is 34.5 Å². The highest BCUT2D eigenvalue weighted by Crippen LogP contribution is 2.23. The fraction of sp³-hybridized carbons (Fsp3) is 0.500. The Morgan fingerprint density at radius 3 is 2.71 bits per heavy atom. The predicted molar refractivity (Wildman–Crippen MR) is 111 cm³/mol. The van der Waals surface area contributed by atoms with Crippen LogP contribution in [0.1, 0.15) is 33.1 Å². The highest BCUT2D eigenvalue weighted by Gasteiger charge is 2.22. The van der Waals surface area contributed by atoms with Gasteiger partial charge < -0.3 is 4.90 Å². The Morgan fingerprint density at radius 2 is 1.96 bits per heavy atom. The lowest BCUT2D eigenvalue weighted by atomic mass is 9.99. The maximum Gasteiger partial charge on any atom is 0.262 e. The second-order valence-electron chi connectivity index (χ2n) is 7.44. The Morgan fingerprint density at radius 1 is 1.21 bits per heavy atom. The summed E-state index contributed by atoms with van der Waals surface area (Å²) in [5.41, 5.74) is 0.731. The number of carbonyl (C=O) groups is 1. The van der Waals surface area contributed by atoms with Crippen LogP contribution in [-0.4, -0.2) is 48.8 Å². The van der Waals surface area contributed by atoms with Gasteiger partial charge >= 0.3 is 0 Å². The normalized spacial score (nSPS) is 15.6. The van der Waals surface area contributed by atoms with Crippen LogP contribution >= 0.6 is 11.8 Å². The fourth-order valence-corrected chi connectivity index (χ4v) is 4.57. The molecule has 0 radical (unpaired) electrons. The van der Waals surface area contributed by atoms with E-state index in [9.17, 15) is 9.59 Å². The molecule has 7 nitrogen and oxygen atoms in total. The van der Waals surface area contributed by atoms with Crippen LogP contribution in [-0.2, 0) is 11.3 Å². The van der Waals surface area contributed by atoms with Crippen molar-refractivity contribution >= 4 is 34.3 Å². The van der Waals surface area contributed by atoms with Gasteiger partial charge in [-0.15, -0.1) is 10.2 Å². The number of carbonyl (C=O) groups excluding carboxylic acids is 1. The van der Waals surface area contributed by atoms with Crippen molar-refractivity contribution in [1.29, 1.82) is 0 Å². The molecule has 0 aliphatic carbocycles. The molecule has 0 unspecified atom stereocenters. The number of aryl methyl sites for hydroxylation is 1. The summed E-state index contributed by atoms with van der Waals surface area (Å²) in [6, 6.07) is 7.50. The van der Waals surface area contributed by atoms with E-state index >= 15 is 0 Å². The quantitative estimate of drug-likeness (QED) is 0.617. The van der Waals surface area contributed by atoms with Crippen LogP contribution in [0.4, 0.5) is 0 Å². The number of hydrogen-bond acceptors (Lipinski definition) is 5. The molecule has 2 aromatic heterocycles. The number of hydrogen-bond donors (Lipinski definition) is 0. The third kappa shape index (κ3) is 3.41. The lowest BCUT2D eigenvalue weighted by Crippen LogP contribution is -2.38. The summed E-state index contributed by atoms with van der Waals surface area (Å²) in [5.74, 6) is 1.70. The number of aromatic nitrogens is 4. The molecule has 0 atom stereocenters. The summed E-state index contributed by atoms with van der Waals surface area (Å²) >= 11 is 1.39. The zero-order valence-corrected chi connectivity index (χ0v) is 17.1. The smallest absolute Gasteiger partial charge is 0.262 e. The van der Waals surface area contributed by atoms with Crippen molar-refractivity contribution in [2.45, 2.75) is 44.8 Å². The van der Waals surface area contributed by atoms with E-state index in [4.69, 9.17) is 0 Å². The molecule has 0 bridgehead atoms. The number of likely N-dealkylation sites (tertiary alicyclic amines) is 1. The highest BCUT2D eigenvalue weighted by molar-refractivity contribution is 7.99. The average Bonchev–Trinajstić information content (AvgIpc) is 3.14. The average molecular weight is 400 g/mol. The first-order valence-corrected chi connectivity index (χ1v) is 10.9. The summed E-state index contributed by atoms with van der Waals surface area (Å²) in [4.78, 5) is 27.4. The van der Waals surface area contributed by atoms with Gasteiger partial charge in [-0.25, -0.2) is 0 Å². The van der Waals surface area contributed by atoms with Crippen molar-refractivity contribution in [2.75, 3.05) is 18.8 Å². The Bertz CT molecular complexity index is 1070. The molecule has 3 heterocycles. The SMILES string of the molecule is CCCn1c(=O)c2ccccc2n2c(SCC(=O)N3CCC(C)CC3)nnc12. The first-order chi connectivity index (χ1) is 13.6. The minimum absolute atomic E-state index is 0.0487. The van der Waals surface area contributed by atoms with Gasteiger partial charge in [0.2, 0.25) is 11.7 Å². The number of benzene rings is 1. The van der Waals surface area contributed by atoms with Crippen LogP contribution in [0.5, 0.6) is 0 Å². The molecule has 148 valence electrons. The van der Waals surface area contributed by atoms with E-state index < -0.39 is 0 Å². The van der Waals surface area contributed by atoms with E-state index in [2.05, 4.69) is 17.1 Å². The van der Waals surface area contributed by atoms with Gasteiger partial charge in [0.1, 0.15) is 0 Å². The van der Waals surface area contributed by atoms with E-state index in [1.54, 1.807) is 4.57 Å². The van der Waals surface area contributed by atoms with Crippen molar-refractivity contribution in [2.24, 2.45) is 5.92 Å². The molecule has 1 aliphatic rings. The Labute approximate surface area is 167 Å². The molecule has 1 aromatic carbocycles. The summed E-state index contributed by atoms with van der Waals surface area (Å²) in [6.07, 6.45) is 2.96. The zero-order chi connectivity index (χ0) is 19.7. The summed E-state index contributed by atoms with van der Waals surface area (Å²) in [6.45, 7) is 6.52.